The minimum absolute atomic E-state index is 0.103. The highest BCUT2D eigenvalue weighted by molar-refractivity contribution is 5.87. The van der Waals surface area contributed by atoms with Gasteiger partial charge in [-0.05, 0) is 17.7 Å². The van der Waals surface area contributed by atoms with Crippen LogP contribution in [-0.4, -0.2) is 23.5 Å². The highest BCUT2D eigenvalue weighted by Crippen LogP contribution is 2.35. The lowest BCUT2D eigenvalue weighted by Gasteiger charge is -2.13. The van der Waals surface area contributed by atoms with E-state index in [9.17, 15) is 4.79 Å². The summed E-state index contributed by atoms with van der Waals surface area (Å²) in [6, 6.07) is 13.1. The van der Waals surface area contributed by atoms with Crippen molar-refractivity contribution >= 4 is 6.29 Å². The van der Waals surface area contributed by atoms with Gasteiger partial charge in [-0.3, -0.25) is 4.79 Å². The summed E-state index contributed by atoms with van der Waals surface area (Å²) in [5.74, 6) is 1.95. The maximum Gasteiger partial charge on any atom is 0.229 e. The van der Waals surface area contributed by atoms with Gasteiger partial charge < -0.3 is 14.0 Å². The smallest absolute Gasteiger partial charge is 0.229 e. The van der Waals surface area contributed by atoms with Gasteiger partial charge in [-0.15, -0.1) is 0 Å². The Balaban J connectivity index is 1.93. The van der Waals surface area contributed by atoms with Crippen LogP contribution in [-0.2, 0) is 6.61 Å². The Morgan fingerprint density at radius 2 is 1.92 bits per heavy atom. The van der Waals surface area contributed by atoms with Crippen LogP contribution in [0.1, 0.15) is 41.6 Å². The van der Waals surface area contributed by atoms with Crippen molar-refractivity contribution in [2.45, 2.75) is 26.4 Å². The fraction of sp³-hybridized carbons (Fsp3) is 0.250. The first-order valence-corrected chi connectivity index (χ1v) is 8.30. The second kappa shape index (κ2) is 7.82. The molecule has 3 aromatic rings. The van der Waals surface area contributed by atoms with Crippen LogP contribution in [0.15, 0.2) is 47.0 Å². The number of methoxy groups -OCH3 is 1. The summed E-state index contributed by atoms with van der Waals surface area (Å²) < 4.78 is 16.5. The van der Waals surface area contributed by atoms with Gasteiger partial charge in [0.25, 0.3) is 0 Å². The van der Waals surface area contributed by atoms with Gasteiger partial charge in [0.05, 0.1) is 7.11 Å². The molecule has 0 bridgehead atoms. The molecule has 0 spiro atoms. The van der Waals surface area contributed by atoms with E-state index in [4.69, 9.17) is 14.0 Å². The predicted molar refractivity (Wildman–Crippen MR) is 96.5 cm³/mol. The second-order valence-corrected chi connectivity index (χ2v) is 6.09. The number of hydrogen-bond acceptors (Lipinski definition) is 6. The average molecular weight is 352 g/mol. The van der Waals surface area contributed by atoms with Crippen LogP contribution in [0.25, 0.3) is 11.4 Å². The van der Waals surface area contributed by atoms with E-state index in [2.05, 4.69) is 10.1 Å². The quantitative estimate of drug-likeness (QED) is 0.592. The van der Waals surface area contributed by atoms with Crippen molar-refractivity contribution in [3.8, 4) is 22.9 Å². The van der Waals surface area contributed by atoms with Crippen LogP contribution in [0.5, 0.6) is 11.5 Å². The Kier molecular flexibility index (Phi) is 5.31. The molecule has 0 radical (unpaired) electrons. The lowest BCUT2D eigenvalue weighted by Crippen LogP contribution is -2.00. The van der Waals surface area contributed by atoms with Crippen molar-refractivity contribution in [3.05, 3.63) is 59.5 Å². The Labute approximate surface area is 151 Å². The first-order chi connectivity index (χ1) is 12.6. The van der Waals surface area contributed by atoms with Crippen molar-refractivity contribution in [1.82, 2.24) is 10.1 Å². The first kappa shape index (κ1) is 17.7. The summed E-state index contributed by atoms with van der Waals surface area (Å²) in [5, 5.41) is 3.97. The van der Waals surface area contributed by atoms with Crippen molar-refractivity contribution in [3.63, 3.8) is 0 Å². The molecular weight excluding hydrogens is 332 g/mol. The summed E-state index contributed by atoms with van der Waals surface area (Å²) in [6.07, 6.45) is 0.746. The molecule has 0 aliphatic carbocycles. The zero-order valence-electron chi connectivity index (χ0n) is 14.9. The zero-order valence-corrected chi connectivity index (χ0v) is 14.9. The van der Waals surface area contributed by atoms with E-state index >= 15 is 0 Å². The van der Waals surface area contributed by atoms with Crippen LogP contribution in [0, 0.1) is 0 Å². The largest absolute Gasteiger partial charge is 0.493 e. The monoisotopic (exact) mass is 352 g/mol. The van der Waals surface area contributed by atoms with Crippen molar-refractivity contribution in [2.75, 3.05) is 7.11 Å². The number of hydrogen-bond donors (Lipinski definition) is 0. The fourth-order valence-corrected chi connectivity index (χ4v) is 2.45. The molecule has 26 heavy (non-hydrogen) atoms. The van der Waals surface area contributed by atoms with Gasteiger partial charge >= 0.3 is 0 Å². The minimum atomic E-state index is 0.103. The average Bonchev–Trinajstić information content (AvgIpc) is 3.16. The summed E-state index contributed by atoms with van der Waals surface area (Å²) in [4.78, 5) is 15.9. The van der Waals surface area contributed by atoms with Gasteiger partial charge in [0.15, 0.2) is 17.8 Å². The maximum atomic E-state index is 11.6. The standard InChI is InChI=1S/C20H20N2O4/c1-13(2)20-21-19(22-26-20)16-10-17(24-3)18(9-15(16)11-23)25-12-14-7-5-4-6-8-14/h4-11,13H,12H2,1-3H3. The number of aldehydes is 1. The number of aromatic nitrogens is 2. The van der Waals surface area contributed by atoms with Crippen LogP contribution in [0.4, 0.5) is 0 Å². The molecule has 0 fully saturated rings. The van der Waals surface area contributed by atoms with E-state index in [1.807, 2.05) is 44.2 Å². The van der Waals surface area contributed by atoms with E-state index in [1.54, 1.807) is 19.2 Å². The van der Waals surface area contributed by atoms with Crippen LogP contribution >= 0.6 is 0 Å². The minimum Gasteiger partial charge on any atom is -0.493 e. The molecule has 0 aliphatic heterocycles. The normalized spacial score (nSPS) is 10.8. The van der Waals surface area contributed by atoms with E-state index in [0.717, 1.165) is 11.8 Å². The molecule has 0 atom stereocenters. The van der Waals surface area contributed by atoms with Gasteiger partial charge in [-0.1, -0.05) is 49.3 Å². The number of carbonyl (C=O) groups excluding carboxylic acids is 1. The number of benzene rings is 2. The third-order valence-corrected chi connectivity index (χ3v) is 3.88. The SMILES string of the molecule is COc1cc(-c2noc(C(C)C)n2)c(C=O)cc1OCc1ccccc1. The maximum absolute atomic E-state index is 11.6. The summed E-state index contributed by atoms with van der Waals surface area (Å²) in [5.41, 5.74) is 1.97. The van der Waals surface area contributed by atoms with E-state index in [-0.39, 0.29) is 5.92 Å². The van der Waals surface area contributed by atoms with Gasteiger partial charge in [0.1, 0.15) is 6.61 Å². The molecule has 134 valence electrons. The lowest BCUT2D eigenvalue weighted by atomic mass is 10.1. The third kappa shape index (κ3) is 3.74. The highest BCUT2D eigenvalue weighted by Gasteiger charge is 2.18. The fourth-order valence-electron chi connectivity index (χ4n) is 2.45. The molecule has 0 saturated heterocycles. The molecule has 6 heteroatoms. The molecule has 3 rings (SSSR count). The summed E-state index contributed by atoms with van der Waals surface area (Å²) in [7, 11) is 1.55. The molecule has 0 saturated carbocycles. The molecule has 1 heterocycles. The van der Waals surface area contributed by atoms with Gasteiger partial charge in [-0.2, -0.15) is 4.98 Å². The highest BCUT2D eigenvalue weighted by atomic mass is 16.5. The summed E-state index contributed by atoms with van der Waals surface area (Å²) in [6.45, 7) is 4.28. The third-order valence-electron chi connectivity index (χ3n) is 3.88. The van der Waals surface area contributed by atoms with Crippen molar-refractivity contribution in [1.29, 1.82) is 0 Å². The summed E-state index contributed by atoms with van der Waals surface area (Å²) >= 11 is 0. The van der Waals surface area contributed by atoms with Gasteiger partial charge in [0.2, 0.25) is 11.7 Å². The molecule has 0 N–H and O–H groups in total. The first-order valence-electron chi connectivity index (χ1n) is 8.30. The van der Waals surface area contributed by atoms with Gasteiger partial charge in [0, 0.05) is 17.0 Å². The Morgan fingerprint density at radius 1 is 1.15 bits per heavy atom. The van der Waals surface area contributed by atoms with Crippen LogP contribution < -0.4 is 9.47 Å². The molecule has 1 aromatic heterocycles. The number of rotatable bonds is 7. The van der Waals surface area contributed by atoms with Crippen molar-refractivity contribution < 1.29 is 18.8 Å². The molecule has 0 unspecified atom stereocenters. The number of ether oxygens (including phenoxy) is 2. The lowest BCUT2D eigenvalue weighted by molar-refractivity contribution is 0.112. The van der Waals surface area contributed by atoms with Crippen molar-refractivity contribution in [2.24, 2.45) is 0 Å². The van der Waals surface area contributed by atoms with Crippen LogP contribution in [0.2, 0.25) is 0 Å². The predicted octanol–water partition coefficient (Wildman–Crippen LogP) is 4.26. The van der Waals surface area contributed by atoms with Crippen LogP contribution in [0.3, 0.4) is 0 Å². The van der Waals surface area contributed by atoms with E-state index < -0.39 is 0 Å². The Bertz CT molecular complexity index is 888. The molecule has 0 aliphatic rings. The zero-order chi connectivity index (χ0) is 18.5. The van der Waals surface area contributed by atoms with E-state index in [0.29, 0.717) is 40.9 Å². The molecule has 2 aromatic carbocycles. The number of carbonyl (C=O) groups is 1. The topological polar surface area (TPSA) is 74.5 Å². The van der Waals surface area contributed by atoms with Gasteiger partial charge in [-0.25, -0.2) is 0 Å². The Morgan fingerprint density at radius 3 is 2.54 bits per heavy atom. The molecule has 6 nitrogen and oxygen atoms in total. The van der Waals surface area contributed by atoms with E-state index in [1.165, 1.54) is 0 Å². The Hall–Kier alpha value is -3.15. The molecule has 0 amide bonds. The number of nitrogens with zero attached hydrogens (tertiary/aromatic N) is 2. The molecular formula is C20H20N2O4. The second-order valence-electron chi connectivity index (χ2n) is 6.09.